The molecule has 84 valence electrons. The minimum absolute atomic E-state index is 0.341. The van der Waals surface area contributed by atoms with Crippen molar-refractivity contribution in [3.8, 4) is 0 Å². The highest BCUT2D eigenvalue weighted by molar-refractivity contribution is 7.10. The van der Waals surface area contributed by atoms with E-state index < -0.39 is 0 Å². The van der Waals surface area contributed by atoms with Gasteiger partial charge < -0.3 is 10.4 Å². The van der Waals surface area contributed by atoms with Crippen molar-refractivity contribution in [2.45, 2.75) is 38.3 Å². The first-order valence-corrected chi connectivity index (χ1v) is 6.58. The Morgan fingerprint density at radius 3 is 3.00 bits per heavy atom. The second-order valence-electron chi connectivity index (χ2n) is 4.52. The Labute approximate surface area is 95.3 Å². The van der Waals surface area contributed by atoms with Crippen LogP contribution < -0.4 is 5.32 Å². The first-order chi connectivity index (χ1) is 7.25. The molecule has 1 aromatic rings. The summed E-state index contributed by atoms with van der Waals surface area (Å²) in [4.78, 5) is 1.06. The summed E-state index contributed by atoms with van der Waals surface area (Å²) in [7, 11) is 0. The summed E-state index contributed by atoms with van der Waals surface area (Å²) in [5.74, 6) is 0.950. The second-order valence-corrected chi connectivity index (χ2v) is 5.50. The fourth-order valence-electron chi connectivity index (χ4n) is 1.83. The lowest BCUT2D eigenvalue weighted by atomic mass is 10.1. The van der Waals surface area contributed by atoms with E-state index in [9.17, 15) is 5.11 Å². The van der Waals surface area contributed by atoms with Crippen LogP contribution in [0.2, 0.25) is 0 Å². The average Bonchev–Trinajstić information content (AvgIpc) is 2.86. The largest absolute Gasteiger partial charge is 0.386 e. The third kappa shape index (κ3) is 3.59. The van der Waals surface area contributed by atoms with E-state index in [1.165, 1.54) is 19.3 Å². The third-order valence-electron chi connectivity index (χ3n) is 2.92. The quantitative estimate of drug-likeness (QED) is 0.780. The number of aliphatic hydroxyl groups excluding tert-OH is 1. The van der Waals surface area contributed by atoms with E-state index in [-0.39, 0.29) is 6.10 Å². The van der Waals surface area contributed by atoms with Crippen molar-refractivity contribution in [3.05, 3.63) is 22.4 Å². The van der Waals surface area contributed by atoms with E-state index in [1.807, 2.05) is 17.5 Å². The monoisotopic (exact) mass is 225 g/mol. The summed E-state index contributed by atoms with van der Waals surface area (Å²) in [6.45, 7) is 2.88. The number of aliphatic hydroxyl groups is 1. The predicted octanol–water partition coefficient (Wildman–Crippen LogP) is 2.56. The van der Waals surface area contributed by atoms with Crippen molar-refractivity contribution in [1.29, 1.82) is 0 Å². The van der Waals surface area contributed by atoms with Gasteiger partial charge in [0.25, 0.3) is 0 Å². The Bertz CT molecular complexity index is 282. The van der Waals surface area contributed by atoms with Gasteiger partial charge in [-0.05, 0) is 30.7 Å². The van der Waals surface area contributed by atoms with Gasteiger partial charge in [-0.3, -0.25) is 0 Å². The minimum atomic E-state index is -0.341. The zero-order valence-corrected chi connectivity index (χ0v) is 9.96. The second kappa shape index (κ2) is 5.10. The lowest BCUT2D eigenvalue weighted by Gasteiger charge is -2.16. The van der Waals surface area contributed by atoms with Crippen LogP contribution in [0.1, 0.15) is 37.2 Å². The van der Waals surface area contributed by atoms with Gasteiger partial charge in [0.05, 0.1) is 0 Å². The van der Waals surface area contributed by atoms with Crippen molar-refractivity contribution in [3.63, 3.8) is 0 Å². The van der Waals surface area contributed by atoms with E-state index in [2.05, 4.69) is 12.2 Å². The summed E-state index contributed by atoms with van der Waals surface area (Å²) in [5, 5.41) is 15.3. The fourth-order valence-corrected chi connectivity index (χ4v) is 2.54. The smallest absolute Gasteiger partial charge is 0.101 e. The molecule has 0 bridgehead atoms. The van der Waals surface area contributed by atoms with Gasteiger partial charge in [-0.2, -0.15) is 0 Å². The molecule has 1 aliphatic carbocycles. The Kier molecular flexibility index (Phi) is 3.78. The van der Waals surface area contributed by atoms with Crippen LogP contribution in [0.5, 0.6) is 0 Å². The van der Waals surface area contributed by atoms with Crippen LogP contribution >= 0.6 is 11.3 Å². The molecule has 15 heavy (non-hydrogen) atoms. The minimum Gasteiger partial charge on any atom is -0.386 e. The van der Waals surface area contributed by atoms with Gasteiger partial charge in [0.2, 0.25) is 0 Å². The molecule has 2 rings (SSSR count). The summed E-state index contributed by atoms with van der Waals surface area (Å²) < 4.78 is 0. The molecule has 2 unspecified atom stereocenters. The molecule has 1 aliphatic rings. The first-order valence-electron chi connectivity index (χ1n) is 5.70. The molecule has 2 N–H and O–H groups in total. The van der Waals surface area contributed by atoms with Crippen LogP contribution in [-0.2, 0) is 0 Å². The molecule has 0 radical (unpaired) electrons. The fraction of sp³-hybridized carbons (Fsp3) is 0.667. The van der Waals surface area contributed by atoms with Gasteiger partial charge in [0.15, 0.2) is 0 Å². The molecule has 1 heterocycles. The standard InChI is InChI=1S/C12H19NOS/c1-9(7-10-4-5-10)13-8-11(14)12-3-2-6-15-12/h2-3,6,9-11,13-14H,4-5,7-8H2,1H3. The Hall–Kier alpha value is -0.380. The molecule has 0 amide bonds. The molecular formula is C12H19NOS. The summed E-state index contributed by atoms with van der Waals surface area (Å²) in [6, 6.07) is 4.51. The number of nitrogens with one attached hydrogen (secondary N) is 1. The first kappa shape index (κ1) is 11.1. The third-order valence-corrected chi connectivity index (χ3v) is 3.89. The van der Waals surface area contributed by atoms with Crippen molar-refractivity contribution in [2.24, 2.45) is 5.92 Å². The maximum atomic E-state index is 9.86. The van der Waals surface area contributed by atoms with E-state index in [4.69, 9.17) is 0 Å². The van der Waals surface area contributed by atoms with E-state index in [0.29, 0.717) is 12.6 Å². The molecule has 2 nitrogen and oxygen atoms in total. The van der Waals surface area contributed by atoms with Crippen molar-refractivity contribution < 1.29 is 5.11 Å². The molecule has 1 saturated carbocycles. The van der Waals surface area contributed by atoms with E-state index in [1.54, 1.807) is 11.3 Å². The Balaban J connectivity index is 1.67. The number of rotatable bonds is 6. The molecule has 0 aromatic carbocycles. The van der Waals surface area contributed by atoms with E-state index >= 15 is 0 Å². The van der Waals surface area contributed by atoms with Crippen LogP contribution in [-0.4, -0.2) is 17.7 Å². The van der Waals surface area contributed by atoms with Gasteiger partial charge in [0, 0.05) is 17.5 Å². The molecule has 1 fully saturated rings. The normalized spacial score (nSPS) is 20.1. The Morgan fingerprint density at radius 2 is 2.40 bits per heavy atom. The van der Waals surface area contributed by atoms with Crippen LogP contribution in [0, 0.1) is 5.92 Å². The Morgan fingerprint density at radius 1 is 1.60 bits per heavy atom. The van der Waals surface area contributed by atoms with Gasteiger partial charge >= 0.3 is 0 Å². The lowest BCUT2D eigenvalue weighted by molar-refractivity contribution is 0.173. The molecule has 3 heteroatoms. The molecule has 2 atom stereocenters. The maximum Gasteiger partial charge on any atom is 0.101 e. The van der Waals surface area contributed by atoms with Crippen molar-refractivity contribution >= 4 is 11.3 Å². The molecule has 0 spiro atoms. The summed E-state index contributed by atoms with van der Waals surface area (Å²) in [6.07, 6.45) is 3.72. The lowest BCUT2D eigenvalue weighted by Crippen LogP contribution is -2.30. The maximum absolute atomic E-state index is 9.86. The highest BCUT2D eigenvalue weighted by atomic mass is 32.1. The zero-order chi connectivity index (χ0) is 10.7. The molecule has 0 saturated heterocycles. The van der Waals surface area contributed by atoms with E-state index in [0.717, 1.165) is 10.8 Å². The van der Waals surface area contributed by atoms with Gasteiger partial charge in [-0.15, -0.1) is 11.3 Å². The predicted molar refractivity (Wildman–Crippen MR) is 64.1 cm³/mol. The molecular weight excluding hydrogens is 206 g/mol. The SMILES string of the molecule is CC(CC1CC1)NCC(O)c1cccs1. The van der Waals surface area contributed by atoms with Crippen molar-refractivity contribution in [2.75, 3.05) is 6.54 Å². The number of hydrogen-bond donors (Lipinski definition) is 2. The highest BCUT2D eigenvalue weighted by Crippen LogP contribution is 2.33. The van der Waals surface area contributed by atoms with Crippen LogP contribution in [0.25, 0.3) is 0 Å². The van der Waals surface area contributed by atoms with Crippen LogP contribution in [0.3, 0.4) is 0 Å². The van der Waals surface area contributed by atoms with Crippen molar-refractivity contribution in [1.82, 2.24) is 5.32 Å². The van der Waals surface area contributed by atoms with Gasteiger partial charge in [0.1, 0.15) is 6.10 Å². The summed E-state index contributed by atoms with van der Waals surface area (Å²) in [5.41, 5.74) is 0. The van der Waals surface area contributed by atoms with Crippen LogP contribution in [0.15, 0.2) is 17.5 Å². The number of thiophene rings is 1. The van der Waals surface area contributed by atoms with Crippen LogP contribution in [0.4, 0.5) is 0 Å². The average molecular weight is 225 g/mol. The highest BCUT2D eigenvalue weighted by Gasteiger charge is 2.23. The summed E-state index contributed by atoms with van der Waals surface area (Å²) >= 11 is 1.62. The molecule has 1 aromatic heterocycles. The molecule has 0 aliphatic heterocycles. The van der Waals surface area contributed by atoms with Gasteiger partial charge in [-0.25, -0.2) is 0 Å². The van der Waals surface area contributed by atoms with Gasteiger partial charge in [-0.1, -0.05) is 18.9 Å². The number of hydrogen-bond acceptors (Lipinski definition) is 3. The zero-order valence-electron chi connectivity index (χ0n) is 9.15. The topological polar surface area (TPSA) is 32.3 Å².